The average molecular weight is 269 g/mol. The molecule has 0 unspecified atom stereocenters. The Morgan fingerprint density at radius 2 is 2.39 bits per heavy atom. The summed E-state index contributed by atoms with van der Waals surface area (Å²) in [6.07, 6.45) is 2.01. The normalized spacial score (nSPS) is 19.3. The number of hydrogen-bond acceptors (Lipinski definition) is 3. The van der Waals surface area contributed by atoms with E-state index < -0.39 is 6.10 Å². The smallest absolute Gasteiger partial charge is 0.254 e. The third-order valence-electron chi connectivity index (χ3n) is 3.05. The summed E-state index contributed by atoms with van der Waals surface area (Å²) in [5.41, 5.74) is 1.40. The largest absolute Gasteiger partial charge is 0.391 e. The van der Waals surface area contributed by atoms with Gasteiger partial charge in [-0.3, -0.25) is 4.79 Å². The van der Waals surface area contributed by atoms with Gasteiger partial charge in [-0.2, -0.15) is 0 Å². The van der Waals surface area contributed by atoms with E-state index in [0.29, 0.717) is 30.2 Å². The molecule has 1 aromatic heterocycles. The third-order valence-corrected chi connectivity index (χ3v) is 3.24. The fourth-order valence-electron chi connectivity index (χ4n) is 2.17. The number of pyridine rings is 1. The van der Waals surface area contributed by atoms with E-state index in [2.05, 4.69) is 11.9 Å². The van der Waals surface area contributed by atoms with Crippen molar-refractivity contribution >= 4 is 17.5 Å². The second-order valence-corrected chi connectivity index (χ2v) is 5.00. The Labute approximate surface area is 112 Å². The molecular weight excluding hydrogens is 252 g/mol. The molecule has 1 aliphatic heterocycles. The van der Waals surface area contributed by atoms with Crippen molar-refractivity contribution in [3.63, 3.8) is 0 Å². The van der Waals surface area contributed by atoms with Gasteiger partial charge < -0.3 is 10.0 Å². The Balaban J connectivity index is 2.19. The number of aryl methyl sites for hydroxylation is 1. The number of halogens is 1. The van der Waals surface area contributed by atoms with Gasteiger partial charge in [0.05, 0.1) is 6.10 Å². The van der Waals surface area contributed by atoms with Crippen LogP contribution in [0.15, 0.2) is 12.1 Å². The summed E-state index contributed by atoms with van der Waals surface area (Å²) in [6, 6.07) is 3.39. The van der Waals surface area contributed by atoms with Gasteiger partial charge in [-0.05, 0) is 25.0 Å². The first-order chi connectivity index (χ1) is 8.60. The van der Waals surface area contributed by atoms with Crippen molar-refractivity contribution in [1.29, 1.82) is 0 Å². The zero-order chi connectivity index (χ0) is 13.1. The Morgan fingerprint density at radius 3 is 3.00 bits per heavy atom. The Bertz CT molecular complexity index is 451. The molecule has 18 heavy (non-hydrogen) atoms. The number of nitrogens with zero attached hydrogens (tertiary/aromatic N) is 2. The van der Waals surface area contributed by atoms with Crippen molar-refractivity contribution in [2.75, 3.05) is 13.1 Å². The van der Waals surface area contributed by atoms with Crippen molar-refractivity contribution in [2.24, 2.45) is 0 Å². The molecule has 1 aliphatic rings. The highest BCUT2D eigenvalue weighted by atomic mass is 35.5. The van der Waals surface area contributed by atoms with Crippen LogP contribution in [0.2, 0.25) is 5.15 Å². The lowest BCUT2D eigenvalue weighted by atomic mass is 10.1. The number of hydrogen-bond donors (Lipinski definition) is 1. The summed E-state index contributed by atoms with van der Waals surface area (Å²) in [5.74, 6) is -0.0757. The molecular formula is C13H17ClN2O2. The van der Waals surface area contributed by atoms with Gasteiger partial charge in [0.1, 0.15) is 5.15 Å². The molecule has 5 heteroatoms. The van der Waals surface area contributed by atoms with Crippen LogP contribution < -0.4 is 0 Å². The van der Waals surface area contributed by atoms with Gasteiger partial charge in [0.25, 0.3) is 5.91 Å². The van der Waals surface area contributed by atoms with Gasteiger partial charge >= 0.3 is 0 Å². The molecule has 0 spiro atoms. The SMILES string of the molecule is CCCc1cc(C(=O)N2CC[C@@H](O)C2)cc(Cl)n1. The molecule has 0 bridgehead atoms. The van der Waals surface area contributed by atoms with Gasteiger partial charge in [-0.25, -0.2) is 4.98 Å². The van der Waals surface area contributed by atoms with Gasteiger partial charge in [-0.1, -0.05) is 24.9 Å². The molecule has 1 fully saturated rings. The molecule has 1 N–H and O–H groups in total. The van der Waals surface area contributed by atoms with Gasteiger partial charge in [0, 0.05) is 24.3 Å². The first-order valence-corrected chi connectivity index (χ1v) is 6.61. The molecule has 1 atom stereocenters. The Hall–Kier alpha value is -1.13. The lowest BCUT2D eigenvalue weighted by molar-refractivity contribution is 0.0764. The van der Waals surface area contributed by atoms with Crippen molar-refractivity contribution in [3.05, 3.63) is 28.5 Å². The summed E-state index contributed by atoms with van der Waals surface area (Å²) in [4.78, 5) is 18.1. The van der Waals surface area contributed by atoms with Crippen molar-refractivity contribution < 1.29 is 9.90 Å². The number of amides is 1. The topological polar surface area (TPSA) is 53.4 Å². The van der Waals surface area contributed by atoms with Crippen LogP contribution in [0, 0.1) is 0 Å². The lowest BCUT2D eigenvalue weighted by Crippen LogP contribution is -2.29. The number of rotatable bonds is 3. The van der Waals surface area contributed by atoms with Gasteiger partial charge in [0.15, 0.2) is 0 Å². The highest BCUT2D eigenvalue weighted by Crippen LogP contribution is 2.17. The minimum Gasteiger partial charge on any atom is -0.391 e. The summed E-state index contributed by atoms with van der Waals surface area (Å²) in [5, 5.41) is 9.81. The molecule has 1 saturated heterocycles. The highest BCUT2D eigenvalue weighted by Gasteiger charge is 2.25. The zero-order valence-corrected chi connectivity index (χ0v) is 11.2. The number of carbonyl (C=O) groups is 1. The van der Waals surface area contributed by atoms with Gasteiger partial charge in [-0.15, -0.1) is 0 Å². The van der Waals surface area contributed by atoms with E-state index in [4.69, 9.17) is 11.6 Å². The van der Waals surface area contributed by atoms with E-state index in [0.717, 1.165) is 18.5 Å². The first kappa shape index (κ1) is 13.3. The summed E-state index contributed by atoms with van der Waals surface area (Å²) in [7, 11) is 0. The number of carbonyl (C=O) groups excluding carboxylic acids is 1. The van der Waals surface area contributed by atoms with Crippen LogP contribution in [0.3, 0.4) is 0 Å². The maximum absolute atomic E-state index is 12.2. The molecule has 2 heterocycles. The van der Waals surface area contributed by atoms with E-state index in [1.165, 1.54) is 0 Å². The van der Waals surface area contributed by atoms with Crippen LogP contribution in [0.5, 0.6) is 0 Å². The number of aliphatic hydroxyl groups is 1. The minimum absolute atomic E-state index is 0.0757. The number of β-amino-alcohol motifs (C(OH)–C–C–N with tert-alkyl or cyclic N) is 1. The monoisotopic (exact) mass is 268 g/mol. The standard InChI is InChI=1S/C13H17ClN2O2/c1-2-3-10-6-9(7-12(14)15-10)13(18)16-5-4-11(17)8-16/h6-7,11,17H,2-5,8H2,1H3/t11-/m1/s1. The molecule has 98 valence electrons. The second-order valence-electron chi connectivity index (χ2n) is 4.61. The number of aliphatic hydroxyl groups excluding tert-OH is 1. The van der Waals surface area contributed by atoms with Crippen molar-refractivity contribution in [2.45, 2.75) is 32.3 Å². The third kappa shape index (κ3) is 3.00. The highest BCUT2D eigenvalue weighted by molar-refractivity contribution is 6.29. The number of aromatic nitrogens is 1. The van der Waals surface area contributed by atoms with Crippen LogP contribution in [0.4, 0.5) is 0 Å². The van der Waals surface area contributed by atoms with E-state index in [-0.39, 0.29) is 5.91 Å². The van der Waals surface area contributed by atoms with E-state index in [9.17, 15) is 9.90 Å². The maximum Gasteiger partial charge on any atom is 0.254 e. The van der Waals surface area contributed by atoms with Crippen molar-refractivity contribution in [1.82, 2.24) is 9.88 Å². The molecule has 0 aromatic carbocycles. The van der Waals surface area contributed by atoms with Gasteiger partial charge in [0.2, 0.25) is 0 Å². The molecule has 2 rings (SSSR count). The predicted molar refractivity (Wildman–Crippen MR) is 69.8 cm³/mol. The second kappa shape index (κ2) is 5.67. The van der Waals surface area contributed by atoms with Crippen LogP contribution in [0.1, 0.15) is 35.8 Å². The molecule has 0 radical (unpaired) electrons. The fraction of sp³-hybridized carbons (Fsp3) is 0.538. The van der Waals surface area contributed by atoms with Crippen molar-refractivity contribution in [3.8, 4) is 0 Å². The predicted octanol–water partition coefficient (Wildman–Crippen LogP) is 1.89. The first-order valence-electron chi connectivity index (χ1n) is 6.24. The Kier molecular flexibility index (Phi) is 4.19. The quantitative estimate of drug-likeness (QED) is 0.852. The van der Waals surface area contributed by atoms with E-state index in [1.54, 1.807) is 17.0 Å². The average Bonchev–Trinajstić information content (AvgIpc) is 2.74. The number of likely N-dealkylation sites (tertiary alicyclic amines) is 1. The molecule has 0 aliphatic carbocycles. The Morgan fingerprint density at radius 1 is 1.61 bits per heavy atom. The van der Waals surface area contributed by atoms with Crippen LogP contribution in [-0.2, 0) is 6.42 Å². The zero-order valence-electron chi connectivity index (χ0n) is 10.4. The lowest BCUT2D eigenvalue weighted by Gasteiger charge is -2.16. The molecule has 1 aromatic rings. The minimum atomic E-state index is -0.402. The van der Waals surface area contributed by atoms with Crippen LogP contribution in [0.25, 0.3) is 0 Å². The molecule has 4 nitrogen and oxygen atoms in total. The summed E-state index contributed by atoms with van der Waals surface area (Å²) in [6.45, 7) is 3.06. The summed E-state index contributed by atoms with van der Waals surface area (Å²) < 4.78 is 0. The van der Waals surface area contributed by atoms with E-state index in [1.807, 2.05) is 0 Å². The van der Waals surface area contributed by atoms with Crippen LogP contribution >= 0.6 is 11.6 Å². The molecule has 0 saturated carbocycles. The maximum atomic E-state index is 12.2. The fourth-order valence-corrected chi connectivity index (χ4v) is 2.39. The van der Waals surface area contributed by atoms with Crippen LogP contribution in [-0.4, -0.2) is 40.1 Å². The molecule has 1 amide bonds. The summed E-state index contributed by atoms with van der Waals surface area (Å²) >= 11 is 5.93. The van der Waals surface area contributed by atoms with E-state index >= 15 is 0 Å².